The summed E-state index contributed by atoms with van der Waals surface area (Å²) in [6.07, 6.45) is 0. The van der Waals surface area contributed by atoms with E-state index >= 15 is 0 Å². The lowest BCUT2D eigenvalue weighted by molar-refractivity contribution is 1.62. The molecule has 0 spiro atoms. The van der Waals surface area contributed by atoms with Crippen LogP contribution >= 0.6 is 0 Å². The monoisotopic (exact) mass is 103 g/mol. The second-order valence-corrected chi connectivity index (χ2v) is 1.89. The minimum absolute atomic E-state index is 0.850. The summed E-state index contributed by atoms with van der Waals surface area (Å²) in [5.74, 6) is 0. The average molecular weight is 103 g/mol. The van der Waals surface area contributed by atoms with E-state index in [1.165, 1.54) is 5.22 Å². The van der Waals surface area contributed by atoms with Gasteiger partial charge in [0.2, 0.25) is 0 Å². The van der Waals surface area contributed by atoms with Gasteiger partial charge in [0.1, 0.15) is 0 Å². The van der Waals surface area contributed by atoms with Gasteiger partial charge in [0, 0.05) is 10.9 Å². The van der Waals surface area contributed by atoms with Crippen molar-refractivity contribution >= 4 is 11.4 Å². The van der Waals surface area contributed by atoms with Crippen molar-refractivity contribution in [2.75, 3.05) is 5.73 Å². The quantitative estimate of drug-likeness (QED) is 0.440. The SMILES string of the molecule is Nc1cccc2c1=C=2. The minimum atomic E-state index is 0.850. The van der Waals surface area contributed by atoms with Crippen LogP contribution in [0.4, 0.5) is 5.69 Å². The van der Waals surface area contributed by atoms with Gasteiger partial charge in [-0.3, -0.25) is 0 Å². The van der Waals surface area contributed by atoms with Crippen LogP contribution in [-0.2, 0) is 0 Å². The second kappa shape index (κ2) is 0.960. The molecule has 2 N–H and O–H groups in total. The topological polar surface area (TPSA) is 26.0 Å². The number of fused-ring (bicyclic) bond motifs is 1. The van der Waals surface area contributed by atoms with E-state index < -0.39 is 0 Å². The van der Waals surface area contributed by atoms with Crippen LogP contribution in [0.25, 0.3) is 5.73 Å². The van der Waals surface area contributed by atoms with Gasteiger partial charge in [-0.05, 0) is 12.1 Å². The summed E-state index contributed by atoms with van der Waals surface area (Å²) >= 11 is 0. The van der Waals surface area contributed by atoms with Gasteiger partial charge in [0.25, 0.3) is 0 Å². The van der Waals surface area contributed by atoms with Crippen LogP contribution in [0.5, 0.6) is 0 Å². The van der Waals surface area contributed by atoms with Crippen LogP contribution in [0.1, 0.15) is 0 Å². The van der Waals surface area contributed by atoms with Gasteiger partial charge in [-0.15, -0.1) is 5.73 Å². The highest BCUT2D eigenvalue weighted by Crippen LogP contribution is 1.88. The molecule has 0 unspecified atom stereocenters. The highest BCUT2D eigenvalue weighted by molar-refractivity contribution is 5.53. The maximum atomic E-state index is 5.51. The lowest BCUT2D eigenvalue weighted by atomic mass is 10.3. The van der Waals surface area contributed by atoms with Crippen molar-refractivity contribution in [3.8, 4) is 0 Å². The number of hydrogen-bond donors (Lipinski definition) is 1. The molecule has 8 heavy (non-hydrogen) atoms. The van der Waals surface area contributed by atoms with E-state index in [0.29, 0.717) is 0 Å². The Morgan fingerprint density at radius 3 is 2.88 bits per heavy atom. The number of benzene rings is 1. The van der Waals surface area contributed by atoms with Gasteiger partial charge >= 0.3 is 0 Å². The van der Waals surface area contributed by atoms with Crippen LogP contribution in [0.15, 0.2) is 18.2 Å². The molecule has 0 aromatic heterocycles. The molecule has 0 bridgehead atoms. The van der Waals surface area contributed by atoms with Gasteiger partial charge in [-0.2, -0.15) is 0 Å². The summed E-state index contributed by atoms with van der Waals surface area (Å²) in [5.41, 5.74) is 9.39. The predicted molar refractivity (Wildman–Crippen MR) is 32.6 cm³/mol. The first kappa shape index (κ1) is 3.76. The zero-order valence-corrected chi connectivity index (χ0v) is 4.31. The fraction of sp³-hybridized carbons (Fsp3) is 0. The summed E-state index contributed by atoms with van der Waals surface area (Å²) in [6.45, 7) is 0. The maximum Gasteiger partial charge on any atom is 0.0551 e. The summed E-state index contributed by atoms with van der Waals surface area (Å²) in [5, 5.41) is 2.28. The molecule has 0 heterocycles. The molecule has 0 saturated carbocycles. The third-order valence-electron chi connectivity index (χ3n) is 1.29. The number of anilines is 1. The first-order chi connectivity index (χ1) is 3.88. The minimum Gasteiger partial charge on any atom is -0.398 e. The molecule has 2 rings (SSSR count). The molecule has 38 valence electrons. The average Bonchev–Trinajstić information content (AvgIpc) is 2.45. The van der Waals surface area contributed by atoms with Crippen molar-refractivity contribution in [3.05, 3.63) is 28.6 Å². The van der Waals surface area contributed by atoms with Crippen molar-refractivity contribution in [1.29, 1.82) is 0 Å². The summed E-state index contributed by atoms with van der Waals surface area (Å²) in [7, 11) is 0. The molecule has 1 aliphatic carbocycles. The third-order valence-corrected chi connectivity index (χ3v) is 1.29. The maximum absolute atomic E-state index is 5.51. The van der Waals surface area contributed by atoms with Crippen LogP contribution in [0.2, 0.25) is 0 Å². The lowest BCUT2D eigenvalue weighted by Crippen LogP contribution is -2.10. The van der Waals surface area contributed by atoms with Crippen molar-refractivity contribution < 1.29 is 0 Å². The first-order valence-electron chi connectivity index (χ1n) is 2.53. The van der Waals surface area contributed by atoms with Crippen molar-refractivity contribution in [2.24, 2.45) is 0 Å². The van der Waals surface area contributed by atoms with Gasteiger partial charge in [0.05, 0.1) is 5.22 Å². The second-order valence-electron chi connectivity index (χ2n) is 1.89. The van der Waals surface area contributed by atoms with Gasteiger partial charge in [0.15, 0.2) is 0 Å². The van der Waals surface area contributed by atoms with Crippen LogP contribution in [0, 0.1) is 0 Å². The molecular formula is C7H5N. The molecule has 0 radical (unpaired) electrons. The molecule has 1 heteroatoms. The summed E-state index contributed by atoms with van der Waals surface area (Å²) in [6, 6.07) is 5.83. The molecule has 0 saturated heterocycles. The van der Waals surface area contributed by atoms with Crippen LogP contribution in [-0.4, -0.2) is 0 Å². The number of nitrogen functional groups attached to an aromatic ring is 1. The Morgan fingerprint density at radius 2 is 2.25 bits per heavy atom. The van der Waals surface area contributed by atoms with E-state index in [1.54, 1.807) is 0 Å². The Morgan fingerprint density at radius 1 is 1.38 bits per heavy atom. The molecule has 0 fully saturated rings. The van der Waals surface area contributed by atoms with E-state index in [4.69, 9.17) is 5.73 Å². The van der Waals surface area contributed by atoms with Gasteiger partial charge in [-0.25, -0.2) is 0 Å². The summed E-state index contributed by atoms with van der Waals surface area (Å²) in [4.78, 5) is 0. The van der Waals surface area contributed by atoms with E-state index in [9.17, 15) is 0 Å². The number of rotatable bonds is 0. The van der Waals surface area contributed by atoms with E-state index in [0.717, 1.165) is 10.9 Å². The molecule has 1 aliphatic rings. The highest BCUT2D eigenvalue weighted by Gasteiger charge is 1.95. The van der Waals surface area contributed by atoms with Crippen LogP contribution in [0.3, 0.4) is 0 Å². The Hall–Kier alpha value is -1.20. The Kier molecular flexibility index (Phi) is 0.451. The third kappa shape index (κ3) is 0.316. The van der Waals surface area contributed by atoms with Crippen molar-refractivity contribution in [2.45, 2.75) is 0 Å². The van der Waals surface area contributed by atoms with Gasteiger partial charge in [-0.1, -0.05) is 6.07 Å². The van der Waals surface area contributed by atoms with Gasteiger partial charge < -0.3 is 5.73 Å². The predicted octanol–water partition coefficient (Wildman–Crippen LogP) is -0.667. The van der Waals surface area contributed by atoms with Crippen LogP contribution < -0.4 is 16.2 Å². The molecular weight excluding hydrogens is 98.1 g/mol. The Labute approximate surface area is 46.8 Å². The molecule has 1 aromatic rings. The fourth-order valence-electron chi connectivity index (χ4n) is 0.787. The standard InChI is InChI=1S/C7H5N/c8-7-3-1-2-5-4-6(5)7/h1-3H,8H2. The zero-order chi connectivity index (χ0) is 5.56. The Bertz CT molecular complexity index is 345. The normalized spacial score (nSPS) is 11.0. The highest BCUT2D eigenvalue weighted by atomic mass is 14.5. The first-order valence-corrected chi connectivity index (χ1v) is 2.53. The molecule has 0 aliphatic heterocycles. The number of nitrogens with two attached hydrogens (primary N) is 1. The molecule has 1 aromatic carbocycles. The smallest absolute Gasteiger partial charge is 0.0551 e. The summed E-state index contributed by atoms with van der Waals surface area (Å²) < 4.78 is 0. The zero-order valence-electron chi connectivity index (χ0n) is 4.31. The molecule has 1 nitrogen and oxygen atoms in total. The van der Waals surface area contributed by atoms with E-state index in [-0.39, 0.29) is 0 Å². The molecule has 0 amide bonds. The fourth-order valence-corrected chi connectivity index (χ4v) is 0.787. The number of hydrogen-bond acceptors (Lipinski definition) is 1. The lowest BCUT2D eigenvalue weighted by Gasteiger charge is -1.81. The van der Waals surface area contributed by atoms with Crippen molar-refractivity contribution in [3.63, 3.8) is 0 Å². The van der Waals surface area contributed by atoms with E-state index in [1.807, 2.05) is 18.2 Å². The largest absolute Gasteiger partial charge is 0.398 e. The van der Waals surface area contributed by atoms with E-state index in [2.05, 4.69) is 5.73 Å². The Balaban J connectivity index is 2.94. The van der Waals surface area contributed by atoms with Crippen molar-refractivity contribution in [1.82, 2.24) is 0 Å². The molecule has 0 atom stereocenters.